The minimum Gasteiger partial charge on any atom is -0.372 e. The molecule has 10 heteroatoms. The van der Waals surface area contributed by atoms with Gasteiger partial charge in [-0.05, 0) is 44.2 Å². The van der Waals surface area contributed by atoms with E-state index in [0.717, 1.165) is 30.1 Å². The van der Waals surface area contributed by atoms with Crippen molar-refractivity contribution in [2.75, 3.05) is 18.0 Å². The van der Waals surface area contributed by atoms with E-state index in [0.29, 0.717) is 5.56 Å². The lowest BCUT2D eigenvalue weighted by Crippen LogP contribution is -2.41. The SMILES string of the molecule is CCN(CC)c1ccc(C(=O)NNS(=O)(=O)c2cc(Cl)sc2Cl)cc1. The number of hydrogen-bond acceptors (Lipinski definition) is 5. The molecule has 0 radical (unpaired) electrons. The summed E-state index contributed by atoms with van der Waals surface area (Å²) >= 11 is 12.5. The van der Waals surface area contributed by atoms with E-state index in [9.17, 15) is 13.2 Å². The minimum atomic E-state index is -4.00. The van der Waals surface area contributed by atoms with Crippen LogP contribution < -0.4 is 15.2 Å². The van der Waals surface area contributed by atoms with Crippen molar-refractivity contribution in [3.8, 4) is 0 Å². The third kappa shape index (κ3) is 4.86. The number of nitrogens with zero attached hydrogens (tertiary/aromatic N) is 1. The van der Waals surface area contributed by atoms with Crippen LogP contribution in [0.25, 0.3) is 0 Å². The lowest BCUT2D eigenvalue weighted by molar-refractivity contribution is 0.0945. The highest BCUT2D eigenvalue weighted by molar-refractivity contribution is 7.89. The third-order valence-corrected chi connectivity index (χ3v) is 6.47. The summed E-state index contributed by atoms with van der Waals surface area (Å²) in [7, 11) is -4.00. The number of carbonyl (C=O) groups is 1. The first-order chi connectivity index (χ1) is 11.8. The Kier molecular flexibility index (Phi) is 6.70. The van der Waals surface area contributed by atoms with Crippen LogP contribution in [0.5, 0.6) is 0 Å². The monoisotopic (exact) mass is 421 g/mol. The molecule has 1 aromatic carbocycles. The van der Waals surface area contributed by atoms with E-state index in [1.165, 1.54) is 6.07 Å². The molecular formula is C15H17Cl2N3O3S2. The average molecular weight is 422 g/mol. The van der Waals surface area contributed by atoms with E-state index in [-0.39, 0.29) is 13.6 Å². The number of rotatable bonds is 7. The molecular weight excluding hydrogens is 405 g/mol. The van der Waals surface area contributed by atoms with Crippen LogP contribution in [0.2, 0.25) is 8.67 Å². The first-order valence-corrected chi connectivity index (χ1v) is 10.5. The fourth-order valence-corrected chi connectivity index (χ4v) is 5.15. The first kappa shape index (κ1) is 20.0. The van der Waals surface area contributed by atoms with Gasteiger partial charge in [0.25, 0.3) is 15.9 Å². The number of anilines is 1. The number of hydrogen-bond donors (Lipinski definition) is 2. The van der Waals surface area contributed by atoms with Crippen LogP contribution in [0.1, 0.15) is 24.2 Å². The van der Waals surface area contributed by atoms with Crippen molar-refractivity contribution in [3.63, 3.8) is 0 Å². The van der Waals surface area contributed by atoms with Gasteiger partial charge in [-0.15, -0.1) is 16.2 Å². The summed E-state index contributed by atoms with van der Waals surface area (Å²) in [6.45, 7) is 5.79. The van der Waals surface area contributed by atoms with Crippen LogP contribution in [-0.2, 0) is 10.0 Å². The average Bonchev–Trinajstić information content (AvgIpc) is 2.94. The molecule has 1 aromatic heterocycles. The third-order valence-electron chi connectivity index (χ3n) is 3.47. The topological polar surface area (TPSA) is 78.5 Å². The summed E-state index contributed by atoms with van der Waals surface area (Å²) in [4.78, 5) is 16.1. The van der Waals surface area contributed by atoms with Gasteiger partial charge in [-0.1, -0.05) is 23.2 Å². The molecule has 0 spiro atoms. The predicted octanol–water partition coefficient (Wildman–Crippen LogP) is 3.52. The van der Waals surface area contributed by atoms with Gasteiger partial charge in [-0.2, -0.15) is 0 Å². The maximum atomic E-state index is 12.2. The fraction of sp³-hybridized carbons (Fsp3) is 0.267. The molecule has 0 bridgehead atoms. The Morgan fingerprint density at radius 1 is 1.16 bits per heavy atom. The van der Waals surface area contributed by atoms with Crippen molar-refractivity contribution in [1.29, 1.82) is 0 Å². The zero-order valence-corrected chi connectivity index (χ0v) is 16.7. The van der Waals surface area contributed by atoms with E-state index >= 15 is 0 Å². The molecule has 2 N–H and O–H groups in total. The minimum absolute atomic E-state index is 0.0234. The molecule has 0 aliphatic carbocycles. The Morgan fingerprint density at radius 3 is 2.24 bits per heavy atom. The summed E-state index contributed by atoms with van der Waals surface area (Å²) in [6.07, 6.45) is 0. The lowest BCUT2D eigenvalue weighted by atomic mass is 10.2. The van der Waals surface area contributed by atoms with E-state index in [2.05, 4.69) is 10.3 Å². The summed E-state index contributed by atoms with van der Waals surface area (Å²) < 4.78 is 24.6. The van der Waals surface area contributed by atoms with Crippen molar-refractivity contribution in [2.24, 2.45) is 0 Å². The molecule has 0 aliphatic rings. The maximum Gasteiger partial charge on any atom is 0.266 e. The molecule has 0 aliphatic heterocycles. The van der Waals surface area contributed by atoms with Gasteiger partial charge in [0.05, 0.1) is 4.34 Å². The molecule has 2 aromatic rings. The Bertz CT molecular complexity index is 847. The second-order valence-electron chi connectivity index (χ2n) is 4.97. The number of halogens is 2. The molecule has 0 fully saturated rings. The predicted molar refractivity (Wildman–Crippen MR) is 102 cm³/mol. The largest absolute Gasteiger partial charge is 0.372 e. The van der Waals surface area contributed by atoms with E-state index in [1.807, 2.05) is 30.8 Å². The van der Waals surface area contributed by atoms with Crippen LogP contribution in [0.3, 0.4) is 0 Å². The van der Waals surface area contributed by atoms with Crippen LogP contribution in [-0.4, -0.2) is 27.4 Å². The van der Waals surface area contributed by atoms with Crippen molar-refractivity contribution in [3.05, 3.63) is 44.6 Å². The number of benzene rings is 1. The van der Waals surface area contributed by atoms with Gasteiger partial charge in [-0.25, -0.2) is 8.42 Å². The van der Waals surface area contributed by atoms with E-state index < -0.39 is 15.9 Å². The second-order valence-corrected chi connectivity index (χ2v) is 8.90. The van der Waals surface area contributed by atoms with Crippen molar-refractivity contribution in [1.82, 2.24) is 10.3 Å². The standard InChI is InChI=1S/C15H17Cl2N3O3S2/c1-3-20(4-2)11-7-5-10(6-8-11)15(21)18-19-25(22,23)12-9-13(16)24-14(12)17/h5-9,19H,3-4H2,1-2H3,(H,18,21). The van der Waals surface area contributed by atoms with Gasteiger partial charge in [0, 0.05) is 24.3 Å². The molecule has 1 amide bonds. The number of carbonyl (C=O) groups excluding carboxylic acids is 1. The zero-order valence-electron chi connectivity index (χ0n) is 13.5. The number of sulfonamides is 1. The van der Waals surface area contributed by atoms with Gasteiger partial charge in [0.2, 0.25) is 0 Å². The highest BCUT2D eigenvalue weighted by atomic mass is 35.5. The van der Waals surface area contributed by atoms with Crippen molar-refractivity contribution >= 4 is 56.2 Å². The molecule has 0 atom stereocenters. The number of nitrogens with one attached hydrogen (secondary N) is 2. The molecule has 136 valence electrons. The van der Waals surface area contributed by atoms with Gasteiger partial charge < -0.3 is 4.90 Å². The van der Waals surface area contributed by atoms with Crippen LogP contribution in [0.15, 0.2) is 35.2 Å². The Morgan fingerprint density at radius 2 is 1.76 bits per heavy atom. The molecule has 1 heterocycles. The lowest BCUT2D eigenvalue weighted by Gasteiger charge is -2.21. The Balaban J connectivity index is 2.06. The summed E-state index contributed by atoms with van der Waals surface area (Å²) in [6, 6.07) is 8.11. The van der Waals surface area contributed by atoms with Gasteiger partial charge >= 0.3 is 0 Å². The Labute approximate surface area is 160 Å². The smallest absolute Gasteiger partial charge is 0.266 e. The second kappa shape index (κ2) is 8.37. The maximum absolute atomic E-state index is 12.2. The molecule has 25 heavy (non-hydrogen) atoms. The quantitative estimate of drug-likeness (QED) is 0.670. The summed E-state index contributed by atoms with van der Waals surface area (Å²) in [5.41, 5.74) is 3.48. The number of thiophene rings is 1. The van der Waals surface area contributed by atoms with Gasteiger partial charge in [0.15, 0.2) is 0 Å². The molecule has 0 unspecified atom stereocenters. The van der Waals surface area contributed by atoms with E-state index in [1.54, 1.807) is 12.1 Å². The molecule has 6 nitrogen and oxygen atoms in total. The van der Waals surface area contributed by atoms with Crippen LogP contribution >= 0.6 is 34.5 Å². The number of hydrazine groups is 1. The molecule has 0 saturated heterocycles. The first-order valence-electron chi connectivity index (χ1n) is 7.40. The van der Waals surface area contributed by atoms with Crippen LogP contribution in [0, 0.1) is 0 Å². The fourth-order valence-electron chi connectivity index (χ4n) is 2.16. The normalized spacial score (nSPS) is 11.4. The molecule has 0 saturated carbocycles. The summed E-state index contributed by atoms with van der Waals surface area (Å²) in [5, 5.41) is 0. The van der Waals surface area contributed by atoms with E-state index in [4.69, 9.17) is 23.2 Å². The summed E-state index contributed by atoms with van der Waals surface area (Å²) in [5.74, 6) is -0.577. The highest BCUT2D eigenvalue weighted by Crippen LogP contribution is 2.33. The Hall–Kier alpha value is -1.32. The molecule has 2 rings (SSSR count). The van der Waals surface area contributed by atoms with Gasteiger partial charge in [0.1, 0.15) is 9.23 Å². The van der Waals surface area contributed by atoms with Crippen molar-refractivity contribution in [2.45, 2.75) is 18.7 Å². The van der Waals surface area contributed by atoms with Crippen molar-refractivity contribution < 1.29 is 13.2 Å². The van der Waals surface area contributed by atoms with Crippen LogP contribution in [0.4, 0.5) is 5.69 Å². The number of amides is 1. The van der Waals surface area contributed by atoms with Gasteiger partial charge in [-0.3, -0.25) is 10.2 Å². The zero-order chi connectivity index (χ0) is 18.6. The highest BCUT2D eigenvalue weighted by Gasteiger charge is 2.21.